The molecule has 0 aromatic carbocycles. The molecular formula is C20H23F3N6O5. The fourth-order valence-electron chi connectivity index (χ4n) is 3.44. The number of pyridine rings is 1. The quantitative estimate of drug-likeness (QED) is 0.556. The summed E-state index contributed by atoms with van der Waals surface area (Å²) < 4.78 is 46.2. The number of carboxylic acids is 1. The lowest BCUT2D eigenvalue weighted by atomic mass is 10.1. The third-order valence-electron chi connectivity index (χ3n) is 5.00. The molecule has 184 valence electrons. The molecular weight excluding hydrogens is 461 g/mol. The van der Waals surface area contributed by atoms with Crippen LogP contribution in [0.2, 0.25) is 0 Å². The van der Waals surface area contributed by atoms with E-state index in [0.29, 0.717) is 49.3 Å². The molecule has 0 unspecified atom stereocenters. The number of aromatic nitrogens is 5. The molecule has 3 aromatic heterocycles. The van der Waals surface area contributed by atoms with Gasteiger partial charge in [0.15, 0.2) is 0 Å². The highest BCUT2D eigenvalue weighted by Gasteiger charge is 2.38. The van der Waals surface area contributed by atoms with Crippen molar-refractivity contribution in [3.05, 3.63) is 34.5 Å². The zero-order chi connectivity index (χ0) is 25.0. The number of nitrogen functional groups attached to an aromatic ring is 1. The Morgan fingerprint density at radius 2 is 2.09 bits per heavy atom. The SMILES string of the molecule is CCOCn1ccnc1-c1cc2c(C)nc(N)nc2n([C@H]2CCOC2)c1=O.O=C(O)C(F)(F)F. The van der Waals surface area contributed by atoms with Crippen molar-refractivity contribution in [2.45, 2.75) is 39.2 Å². The second-order valence-corrected chi connectivity index (χ2v) is 7.30. The Kier molecular flexibility index (Phi) is 7.51. The number of alkyl halides is 3. The van der Waals surface area contributed by atoms with Crippen molar-refractivity contribution in [3.63, 3.8) is 0 Å². The zero-order valence-electron chi connectivity index (χ0n) is 18.4. The first-order valence-electron chi connectivity index (χ1n) is 10.2. The molecule has 11 nitrogen and oxygen atoms in total. The Labute approximate surface area is 191 Å². The number of hydrogen-bond donors (Lipinski definition) is 2. The molecule has 4 heterocycles. The number of fused-ring (bicyclic) bond motifs is 1. The van der Waals surface area contributed by atoms with Gasteiger partial charge in [-0.05, 0) is 26.3 Å². The van der Waals surface area contributed by atoms with Crippen molar-refractivity contribution in [1.29, 1.82) is 0 Å². The molecule has 0 radical (unpaired) electrons. The molecule has 3 aromatic rings. The molecule has 14 heteroatoms. The van der Waals surface area contributed by atoms with E-state index >= 15 is 0 Å². The van der Waals surface area contributed by atoms with E-state index in [4.69, 9.17) is 25.1 Å². The smallest absolute Gasteiger partial charge is 0.475 e. The average Bonchev–Trinajstić information content (AvgIpc) is 3.44. The van der Waals surface area contributed by atoms with Crippen molar-refractivity contribution < 1.29 is 32.5 Å². The van der Waals surface area contributed by atoms with Crippen molar-refractivity contribution >= 4 is 23.0 Å². The molecule has 0 saturated carbocycles. The zero-order valence-corrected chi connectivity index (χ0v) is 18.4. The van der Waals surface area contributed by atoms with Gasteiger partial charge in [0.1, 0.15) is 18.2 Å². The van der Waals surface area contributed by atoms with Gasteiger partial charge in [0.05, 0.1) is 23.9 Å². The van der Waals surface area contributed by atoms with E-state index in [-0.39, 0.29) is 17.5 Å². The Hall–Kier alpha value is -3.52. The Morgan fingerprint density at radius 3 is 2.68 bits per heavy atom. The molecule has 1 aliphatic rings. The summed E-state index contributed by atoms with van der Waals surface area (Å²) in [6, 6.07) is 1.70. The molecule has 0 amide bonds. The monoisotopic (exact) mass is 484 g/mol. The molecule has 3 N–H and O–H groups in total. The van der Waals surface area contributed by atoms with Crippen LogP contribution in [0.15, 0.2) is 23.3 Å². The van der Waals surface area contributed by atoms with E-state index in [1.807, 2.05) is 18.4 Å². The molecule has 0 spiro atoms. The second kappa shape index (κ2) is 10.2. The van der Waals surface area contributed by atoms with Gasteiger partial charge in [0.2, 0.25) is 5.95 Å². The third-order valence-corrected chi connectivity index (χ3v) is 5.00. The standard InChI is InChI=1S/C18H22N6O3.C2HF3O2/c1-3-26-10-23-6-5-20-15(23)14-8-13-11(2)21-18(19)22-16(13)24(17(14)25)12-4-7-27-9-12;3-2(4,5)1(6)7/h5-6,8,12H,3-4,7,9-10H2,1-2H3,(H2,19,21,22);(H,6,7)/t12-;/m0./s1. The van der Waals surface area contributed by atoms with Crippen LogP contribution < -0.4 is 11.3 Å². The van der Waals surface area contributed by atoms with E-state index in [0.717, 1.165) is 11.8 Å². The molecule has 4 rings (SSSR count). The van der Waals surface area contributed by atoms with Gasteiger partial charge in [0, 0.05) is 31.0 Å². The summed E-state index contributed by atoms with van der Waals surface area (Å²) >= 11 is 0. The lowest BCUT2D eigenvalue weighted by Gasteiger charge is -2.18. The van der Waals surface area contributed by atoms with Crippen LogP contribution >= 0.6 is 0 Å². The van der Waals surface area contributed by atoms with Crippen molar-refractivity contribution in [1.82, 2.24) is 24.1 Å². The predicted molar refractivity (Wildman–Crippen MR) is 114 cm³/mol. The summed E-state index contributed by atoms with van der Waals surface area (Å²) in [6.45, 7) is 5.76. The van der Waals surface area contributed by atoms with Crippen LogP contribution in [0, 0.1) is 6.92 Å². The predicted octanol–water partition coefficient (Wildman–Crippen LogP) is 2.13. The van der Waals surface area contributed by atoms with Gasteiger partial charge < -0.3 is 24.9 Å². The molecule has 0 bridgehead atoms. The third kappa shape index (κ3) is 5.34. The summed E-state index contributed by atoms with van der Waals surface area (Å²) in [5.74, 6) is -2.05. The highest BCUT2D eigenvalue weighted by atomic mass is 19.4. The first-order valence-corrected chi connectivity index (χ1v) is 10.2. The van der Waals surface area contributed by atoms with E-state index in [1.165, 1.54) is 0 Å². The van der Waals surface area contributed by atoms with Crippen molar-refractivity contribution in [2.75, 3.05) is 25.6 Å². The lowest BCUT2D eigenvalue weighted by molar-refractivity contribution is -0.192. The van der Waals surface area contributed by atoms with Crippen LogP contribution in [0.25, 0.3) is 22.4 Å². The van der Waals surface area contributed by atoms with E-state index in [2.05, 4.69) is 15.0 Å². The van der Waals surface area contributed by atoms with E-state index in [9.17, 15) is 18.0 Å². The number of carboxylic acid groups (broad SMARTS) is 1. The molecule has 1 atom stereocenters. The Morgan fingerprint density at radius 1 is 1.38 bits per heavy atom. The van der Waals surface area contributed by atoms with Gasteiger partial charge in [-0.15, -0.1) is 0 Å². The number of carbonyl (C=O) groups is 1. The summed E-state index contributed by atoms with van der Waals surface area (Å²) in [4.78, 5) is 35.3. The average molecular weight is 484 g/mol. The van der Waals surface area contributed by atoms with Crippen molar-refractivity contribution in [3.8, 4) is 11.4 Å². The molecule has 34 heavy (non-hydrogen) atoms. The second-order valence-electron chi connectivity index (χ2n) is 7.30. The van der Waals surface area contributed by atoms with E-state index < -0.39 is 12.1 Å². The maximum Gasteiger partial charge on any atom is 0.490 e. The summed E-state index contributed by atoms with van der Waals surface area (Å²) in [5, 5.41) is 7.90. The fraction of sp³-hybridized carbons (Fsp3) is 0.450. The minimum Gasteiger partial charge on any atom is -0.475 e. The van der Waals surface area contributed by atoms with Crippen LogP contribution in [0.5, 0.6) is 0 Å². The van der Waals surface area contributed by atoms with Crippen molar-refractivity contribution in [2.24, 2.45) is 0 Å². The number of hydrogen-bond acceptors (Lipinski definition) is 8. The van der Waals surface area contributed by atoms with Gasteiger partial charge in [-0.1, -0.05) is 0 Å². The number of nitrogens with two attached hydrogens (primary N) is 1. The minimum absolute atomic E-state index is 0.0936. The first kappa shape index (κ1) is 25.1. The highest BCUT2D eigenvalue weighted by Crippen LogP contribution is 2.27. The summed E-state index contributed by atoms with van der Waals surface area (Å²) in [5.41, 5.74) is 7.42. The van der Waals surface area contributed by atoms with Crippen LogP contribution in [0.4, 0.5) is 19.1 Å². The van der Waals surface area contributed by atoms with Crippen LogP contribution in [-0.2, 0) is 21.0 Å². The normalized spacial score (nSPS) is 15.9. The number of rotatable bonds is 5. The number of aryl methyl sites for hydroxylation is 1. The van der Waals surface area contributed by atoms with Gasteiger partial charge >= 0.3 is 12.1 Å². The van der Waals surface area contributed by atoms with E-state index in [1.54, 1.807) is 23.0 Å². The fourth-order valence-corrected chi connectivity index (χ4v) is 3.44. The maximum atomic E-state index is 13.4. The lowest BCUT2D eigenvalue weighted by Crippen LogP contribution is -2.28. The molecule has 1 aliphatic heterocycles. The van der Waals surface area contributed by atoms with Gasteiger partial charge in [-0.3, -0.25) is 9.36 Å². The van der Waals surface area contributed by atoms with Crippen LogP contribution in [0.3, 0.4) is 0 Å². The number of nitrogens with zero attached hydrogens (tertiary/aromatic N) is 5. The number of aliphatic carboxylic acids is 1. The Balaban J connectivity index is 0.000000406. The number of ether oxygens (including phenoxy) is 2. The minimum atomic E-state index is -5.08. The summed E-state index contributed by atoms with van der Waals surface area (Å²) in [7, 11) is 0. The summed E-state index contributed by atoms with van der Waals surface area (Å²) in [6.07, 6.45) is -0.883. The number of anilines is 1. The van der Waals surface area contributed by atoms with Gasteiger partial charge in [-0.2, -0.15) is 18.2 Å². The highest BCUT2D eigenvalue weighted by molar-refractivity contribution is 5.83. The first-order chi connectivity index (χ1) is 16.0. The van der Waals surface area contributed by atoms with Crippen LogP contribution in [0.1, 0.15) is 25.1 Å². The van der Waals surface area contributed by atoms with Gasteiger partial charge in [0.25, 0.3) is 5.56 Å². The topological polar surface area (TPSA) is 147 Å². The number of imidazole rings is 1. The molecule has 1 fully saturated rings. The van der Waals surface area contributed by atoms with Gasteiger partial charge in [-0.25, -0.2) is 14.8 Å². The van der Waals surface area contributed by atoms with Crippen LogP contribution in [-0.4, -0.2) is 61.2 Å². The molecule has 1 saturated heterocycles. The Bertz CT molecular complexity index is 1230. The maximum absolute atomic E-state index is 13.4. The largest absolute Gasteiger partial charge is 0.490 e. The number of halogens is 3. The molecule has 0 aliphatic carbocycles.